The molecule has 0 heterocycles. The largest absolute Gasteiger partial charge is 0.466 e. The second kappa shape index (κ2) is 7.80. The van der Waals surface area contributed by atoms with Crippen molar-refractivity contribution in [3.05, 3.63) is 0 Å². The summed E-state index contributed by atoms with van der Waals surface area (Å²) in [6.45, 7) is 6.34. The number of ether oxygens (including phenoxy) is 1. The molecule has 0 aliphatic heterocycles. The highest BCUT2D eigenvalue weighted by Gasteiger charge is 2.20. The number of hydrogen-bond donors (Lipinski definition) is 1. The van der Waals surface area contributed by atoms with Crippen LogP contribution in [0.5, 0.6) is 0 Å². The molecule has 84 valence electrons. The molecule has 2 atom stereocenters. The normalized spacial score (nSPS) is 14.9. The van der Waals surface area contributed by atoms with Gasteiger partial charge in [-0.25, -0.2) is 0 Å². The van der Waals surface area contributed by atoms with Crippen LogP contribution in [0.2, 0.25) is 0 Å². The zero-order chi connectivity index (χ0) is 11.0. The van der Waals surface area contributed by atoms with Crippen LogP contribution in [0, 0.1) is 5.92 Å². The van der Waals surface area contributed by atoms with Crippen LogP contribution in [0.15, 0.2) is 0 Å². The number of rotatable bonds is 7. The minimum atomic E-state index is -0.0850. The quantitative estimate of drug-likeness (QED) is 0.642. The van der Waals surface area contributed by atoms with Gasteiger partial charge in [0.05, 0.1) is 12.5 Å². The molecule has 2 N–H and O–H groups in total. The van der Waals surface area contributed by atoms with Gasteiger partial charge in [0.1, 0.15) is 0 Å². The van der Waals surface area contributed by atoms with Gasteiger partial charge < -0.3 is 10.5 Å². The fourth-order valence-electron chi connectivity index (χ4n) is 1.49. The smallest absolute Gasteiger partial charge is 0.308 e. The van der Waals surface area contributed by atoms with E-state index in [9.17, 15) is 4.79 Å². The summed E-state index contributed by atoms with van der Waals surface area (Å²) in [6, 6.07) is 0.0706. The monoisotopic (exact) mass is 201 g/mol. The molecular weight excluding hydrogens is 178 g/mol. The molecule has 3 nitrogen and oxygen atoms in total. The van der Waals surface area contributed by atoms with Crippen molar-refractivity contribution < 1.29 is 9.53 Å². The fraction of sp³-hybridized carbons (Fsp3) is 0.909. The third-order valence-electron chi connectivity index (χ3n) is 2.18. The van der Waals surface area contributed by atoms with Gasteiger partial charge in [-0.3, -0.25) is 4.79 Å². The molecule has 0 saturated carbocycles. The summed E-state index contributed by atoms with van der Waals surface area (Å²) in [5, 5.41) is 0. The SMILES string of the molecule is CCCCC(CC(C)N)C(=O)OCC. The molecule has 0 aromatic carbocycles. The van der Waals surface area contributed by atoms with Crippen LogP contribution in [0.25, 0.3) is 0 Å². The highest BCUT2D eigenvalue weighted by molar-refractivity contribution is 5.72. The number of hydrogen-bond acceptors (Lipinski definition) is 3. The summed E-state index contributed by atoms with van der Waals surface area (Å²) >= 11 is 0. The van der Waals surface area contributed by atoms with Crippen molar-refractivity contribution in [1.29, 1.82) is 0 Å². The maximum Gasteiger partial charge on any atom is 0.308 e. The van der Waals surface area contributed by atoms with Crippen molar-refractivity contribution in [3.8, 4) is 0 Å². The predicted octanol–water partition coefficient (Wildman–Crippen LogP) is 2.09. The van der Waals surface area contributed by atoms with Gasteiger partial charge in [-0.1, -0.05) is 19.8 Å². The lowest BCUT2D eigenvalue weighted by Crippen LogP contribution is -2.26. The first-order valence-electron chi connectivity index (χ1n) is 5.54. The van der Waals surface area contributed by atoms with E-state index >= 15 is 0 Å². The van der Waals surface area contributed by atoms with Gasteiger partial charge in [0.25, 0.3) is 0 Å². The lowest BCUT2D eigenvalue weighted by Gasteiger charge is -2.16. The van der Waals surface area contributed by atoms with Crippen molar-refractivity contribution in [2.24, 2.45) is 11.7 Å². The molecule has 0 spiro atoms. The van der Waals surface area contributed by atoms with Gasteiger partial charge in [0.15, 0.2) is 0 Å². The summed E-state index contributed by atoms with van der Waals surface area (Å²) in [5.41, 5.74) is 5.69. The van der Waals surface area contributed by atoms with Crippen LogP contribution in [-0.4, -0.2) is 18.6 Å². The Bertz CT molecular complexity index is 157. The molecule has 0 saturated heterocycles. The van der Waals surface area contributed by atoms with E-state index in [1.165, 1.54) is 0 Å². The summed E-state index contributed by atoms with van der Waals surface area (Å²) < 4.78 is 5.01. The molecule has 0 radical (unpaired) electrons. The van der Waals surface area contributed by atoms with Gasteiger partial charge in [-0.2, -0.15) is 0 Å². The molecule has 0 bridgehead atoms. The standard InChI is InChI=1S/C11H23NO2/c1-4-6-7-10(8-9(3)12)11(13)14-5-2/h9-10H,4-8,12H2,1-3H3. The van der Waals surface area contributed by atoms with Crippen LogP contribution in [0.3, 0.4) is 0 Å². The fourth-order valence-corrected chi connectivity index (χ4v) is 1.49. The average molecular weight is 201 g/mol. The Labute approximate surface area is 87.0 Å². The third-order valence-corrected chi connectivity index (χ3v) is 2.18. The van der Waals surface area contributed by atoms with E-state index in [2.05, 4.69) is 6.92 Å². The van der Waals surface area contributed by atoms with Crippen molar-refractivity contribution in [1.82, 2.24) is 0 Å². The molecule has 0 aliphatic rings. The number of unbranched alkanes of at least 4 members (excludes halogenated alkanes) is 1. The molecule has 0 rings (SSSR count). The minimum Gasteiger partial charge on any atom is -0.466 e. The molecule has 0 aromatic heterocycles. The number of esters is 1. The molecule has 0 amide bonds. The first-order valence-corrected chi connectivity index (χ1v) is 5.54. The highest BCUT2D eigenvalue weighted by atomic mass is 16.5. The van der Waals surface area contributed by atoms with Crippen LogP contribution >= 0.6 is 0 Å². The summed E-state index contributed by atoms with van der Waals surface area (Å²) in [4.78, 5) is 11.5. The van der Waals surface area contributed by atoms with E-state index in [-0.39, 0.29) is 17.9 Å². The van der Waals surface area contributed by atoms with E-state index in [0.29, 0.717) is 6.61 Å². The van der Waals surface area contributed by atoms with Crippen molar-refractivity contribution in [2.75, 3.05) is 6.61 Å². The summed E-state index contributed by atoms with van der Waals surface area (Å²) in [5.74, 6) is -0.0897. The molecule has 0 aliphatic carbocycles. The van der Waals surface area contributed by atoms with Crippen molar-refractivity contribution in [2.45, 2.75) is 52.5 Å². The Kier molecular flexibility index (Phi) is 7.48. The Hall–Kier alpha value is -0.570. The lowest BCUT2D eigenvalue weighted by atomic mass is 9.95. The summed E-state index contributed by atoms with van der Waals surface area (Å²) in [7, 11) is 0. The molecule has 2 unspecified atom stereocenters. The molecule has 14 heavy (non-hydrogen) atoms. The second-order valence-electron chi connectivity index (χ2n) is 3.80. The molecule has 0 aromatic rings. The van der Waals surface area contributed by atoms with E-state index in [0.717, 1.165) is 25.7 Å². The third kappa shape index (κ3) is 5.97. The maximum atomic E-state index is 11.5. The number of carbonyl (C=O) groups is 1. The van der Waals surface area contributed by atoms with E-state index in [1.54, 1.807) is 0 Å². The topological polar surface area (TPSA) is 52.3 Å². The van der Waals surface area contributed by atoms with Gasteiger partial charge in [0, 0.05) is 6.04 Å². The highest BCUT2D eigenvalue weighted by Crippen LogP contribution is 2.16. The molecule has 3 heteroatoms. The van der Waals surface area contributed by atoms with E-state index in [4.69, 9.17) is 10.5 Å². The number of nitrogens with two attached hydrogens (primary N) is 1. The Balaban J connectivity index is 4.01. The second-order valence-corrected chi connectivity index (χ2v) is 3.80. The summed E-state index contributed by atoms with van der Waals surface area (Å²) in [6.07, 6.45) is 3.81. The molecular formula is C11H23NO2. The van der Waals surface area contributed by atoms with Gasteiger partial charge in [-0.15, -0.1) is 0 Å². The number of carbonyl (C=O) groups excluding carboxylic acids is 1. The van der Waals surface area contributed by atoms with Crippen molar-refractivity contribution in [3.63, 3.8) is 0 Å². The first kappa shape index (κ1) is 13.4. The first-order chi connectivity index (χ1) is 6.61. The van der Waals surface area contributed by atoms with Gasteiger partial charge in [-0.05, 0) is 26.7 Å². The maximum absolute atomic E-state index is 11.5. The zero-order valence-electron chi connectivity index (χ0n) is 9.58. The average Bonchev–Trinajstić information content (AvgIpc) is 2.12. The van der Waals surface area contributed by atoms with Crippen molar-refractivity contribution >= 4 is 5.97 Å². The predicted molar refractivity (Wildman–Crippen MR) is 57.9 cm³/mol. The van der Waals surface area contributed by atoms with Gasteiger partial charge >= 0.3 is 5.97 Å². The zero-order valence-corrected chi connectivity index (χ0v) is 9.58. The van der Waals surface area contributed by atoms with Gasteiger partial charge in [0.2, 0.25) is 0 Å². The van der Waals surface area contributed by atoms with Crippen LogP contribution in [0.1, 0.15) is 46.5 Å². The van der Waals surface area contributed by atoms with E-state index < -0.39 is 0 Å². The Morgan fingerprint density at radius 3 is 2.50 bits per heavy atom. The lowest BCUT2D eigenvalue weighted by molar-refractivity contribution is -0.148. The molecule has 0 fully saturated rings. The Morgan fingerprint density at radius 2 is 2.07 bits per heavy atom. The minimum absolute atomic E-state index is 0.00472. The van der Waals surface area contributed by atoms with E-state index in [1.807, 2.05) is 13.8 Å². The Morgan fingerprint density at radius 1 is 1.43 bits per heavy atom. The van der Waals surface area contributed by atoms with Crippen LogP contribution in [-0.2, 0) is 9.53 Å². The van der Waals surface area contributed by atoms with Crippen LogP contribution < -0.4 is 5.73 Å². The van der Waals surface area contributed by atoms with Crippen LogP contribution in [0.4, 0.5) is 0 Å².